The Morgan fingerprint density at radius 3 is 2.50 bits per heavy atom. The van der Waals surface area contributed by atoms with Gasteiger partial charge >= 0.3 is 23.9 Å². The molecule has 3 aliphatic heterocycles. The Bertz CT molecular complexity index is 1380. The van der Waals surface area contributed by atoms with Gasteiger partial charge in [-0.25, -0.2) is 19.2 Å². The lowest BCUT2D eigenvalue weighted by Gasteiger charge is -2.67. The first-order chi connectivity index (χ1) is 20.7. The summed E-state index contributed by atoms with van der Waals surface area (Å²) in [6.07, 6.45) is -3.59. The van der Waals surface area contributed by atoms with Gasteiger partial charge in [0.2, 0.25) is 11.7 Å². The number of carbonyl (C=O) groups excluding carboxylic acids is 5. The van der Waals surface area contributed by atoms with Crippen molar-refractivity contribution in [3.05, 3.63) is 23.0 Å². The number of aliphatic hydroxyl groups excluding tert-OH is 2. The predicted molar refractivity (Wildman–Crippen MR) is 147 cm³/mol. The predicted octanol–water partition coefficient (Wildman–Crippen LogP) is 0.254. The van der Waals surface area contributed by atoms with Crippen LogP contribution in [0.1, 0.15) is 53.4 Å². The molecule has 0 aromatic rings. The summed E-state index contributed by atoms with van der Waals surface area (Å²) in [7, 11) is 1.09. The summed E-state index contributed by atoms with van der Waals surface area (Å²) in [5, 5.41) is 26.7. The number of allylic oxidation sites excluding steroid dienone is 3. The molecule has 6 rings (SSSR count). The van der Waals surface area contributed by atoms with Gasteiger partial charge in [0.25, 0.3) is 0 Å². The van der Waals surface area contributed by atoms with E-state index >= 15 is 0 Å². The van der Waals surface area contributed by atoms with Crippen LogP contribution >= 0.6 is 0 Å². The molecule has 3 N–H and O–H groups in total. The van der Waals surface area contributed by atoms with Gasteiger partial charge in [-0.2, -0.15) is 0 Å². The van der Waals surface area contributed by atoms with Crippen molar-refractivity contribution in [3.63, 3.8) is 0 Å². The first-order valence-corrected chi connectivity index (χ1v) is 15.1. The number of fused-ring (bicyclic) bond motifs is 2. The Balaban J connectivity index is 1.47. The second kappa shape index (κ2) is 10.5. The van der Waals surface area contributed by atoms with Gasteiger partial charge in [-0.05, 0) is 63.5 Å². The highest BCUT2D eigenvalue weighted by atomic mass is 16.6. The van der Waals surface area contributed by atoms with E-state index in [9.17, 15) is 34.2 Å². The standard InChI is InChI=1S/C31H39NO12/c1-13(2)9-19(34)43-22-24-30-12-41-31(24,28(39)40-5)25(36)20(35)23(30)29(4)11-17(33)21(44-26(37)16-7-6-8-32-16)14(3)15(29)10-18(30)42-27(22)38/h9,15-16,18,20,22-25,32,35-36H,6-8,10-12H2,1-5H3/t15-,16-,18+,20+,22+,23?,24+,25-,29-,30+,31-/m0/s1. The number of nitrogens with one attached hydrogen (secondary N) is 1. The fourth-order valence-corrected chi connectivity index (χ4v) is 9.44. The van der Waals surface area contributed by atoms with Gasteiger partial charge in [0.15, 0.2) is 11.5 Å². The van der Waals surface area contributed by atoms with Crippen LogP contribution in [0.3, 0.4) is 0 Å². The number of carbonyl (C=O) groups is 5. The average Bonchev–Trinajstić information content (AvgIpc) is 3.60. The molecule has 5 fully saturated rings. The molecule has 2 saturated carbocycles. The molecular weight excluding hydrogens is 578 g/mol. The first kappa shape index (κ1) is 30.9. The highest BCUT2D eigenvalue weighted by Crippen LogP contribution is 2.72. The largest absolute Gasteiger partial charge is 0.467 e. The van der Waals surface area contributed by atoms with Crippen molar-refractivity contribution in [1.82, 2.24) is 5.32 Å². The third-order valence-electron chi connectivity index (χ3n) is 11.0. The molecule has 3 aliphatic carbocycles. The highest BCUT2D eigenvalue weighted by molar-refractivity contribution is 5.98. The van der Waals surface area contributed by atoms with Crippen LogP contribution in [-0.4, -0.2) is 96.2 Å². The van der Waals surface area contributed by atoms with E-state index in [4.69, 9.17) is 23.7 Å². The maximum absolute atomic E-state index is 13.7. The molecule has 240 valence electrons. The van der Waals surface area contributed by atoms with Crippen molar-refractivity contribution in [3.8, 4) is 0 Å². The Morgan fingerprint density at radius 1 is 1.14 bits per heavy atom. The summed E-state index contributed by atoms with van der Waals surface area (Å²) >= 11 is 0. The molecule has 1 unspecified atom stereocenters. The van der Waals surface area contributed by atoms with E-state index in [1.807, 2.05) is 6.92 Å². The van der Waals surface area contributed by atoms with E-state index in [-0.39, 0.29) is 25.2 Å². The lowest BCUT2D eigenvalue weighted by atomic mass is 9.38. The van der Waals surface area contributed by atoms with Crippen LogP contribution in [0, 0.1) is 28.6 Å². The second-order valence-electron chi connectivity index (χ2n) is 13.6. The van der Waals surface area contributed by atoms with Crippen molar-refractivity contribution in [2.75, 3.05) is 20.3 Å². The Morgan fingerprint density at radius 2 is 1.86 bits per heavy atom. The number of hydrogen-bond donors (Lipinski definition) is 3. The molecule has 13 heteroatoms. The van der Waals surface area contributed by atoms with Crippen molar-refractivity contribution in [2.24, 2.45) is 28.6 Å². The summed E-state index contributed by atoms with van der Waals surface area (Å²) in [5.74, 6) is -6.65. The summed E-state index contributed by atoms with van der Waals surface area (Å²) < 4.78 is 28.5. The van der Waals surface area contributed by atoms with Gasteiger partial charge < -0.3 is 39.2 Å². The number of ether oxygens (including phenoxy) is 5. The minimum Gasteiger partial charge on any atom is -0.467 e. The lowest BCUT2D eigenvalue weighted by molar-refractivity contribution is -0.290. The Kier molecular flexibility index (Phi) is 7.34. The molecule has 0 aromatic carbocycles. The first-order valence-electron chi connectivity index (χ1n) is 15.1. The van der Waals surface area contributed by atoms with Crippen LogP contribution in [-0.2, 0) is 47.7 Å². The molecule has 3 saturated heterocycles. The summed E-state index contributed by atoms with van der Waals surface area (Å²) in [4.78, 5) is 66.6. The van der Waals surface area contributed by atoms with Gasteiger partial charge in [0.1, 0.15) is 18.2 Å². The monoisotopic (exact) mass is 617 g/mol. The number of aliphatic hydroxyl groups is 2. The number of methoxy groups -OCH3 is 1. The zero-order valence-corrected chi connectivity index (χ0v) is 25.4. The topological polar surface area (TPSA) is 184 Å². The minimum atomic E-state index is -2.25. The Hall–Kier alpha value is -3.13. The number of Topliss-reactive ketones (excluding diaryl/α,β-unsaturated/α-hetero) is 1. The highest BCUT2D eigenvalue weighted by Gasteiger charge is 2.85. The zero-order valence-electron chi connectivity index (χ0n) is 25.4. The number of esters is 4. The van der Waals surface area contributed by atoms with Gasteiger partial charge in [0.05, 0.1) is 25.7 Å². The number of rotatable bonds is 5. The third-order valence-corrected chi connectivity index (χ3v) is 11.0. The molecular formula is C31H39NO12. The van der Waals surface area contributed by atoms with E-state index < -0.39 is 94.3 Å². The van der Waals surface area contributed by atoms with Gasteiger partial charge in [-0.1, -0.05) is 12.5 Å². The van der Waals surface area contributed by atoms with Crippen LogP contribution in [0.5, 0.6) is 0 Å². The van der Waals surface area contributed by atoms with Crippen molar-refractivity contribution in [2.45, 2.75) is 89.4 Å². The molecule has 44 heavy (non-hydrogen) atoms. The van der Waals surface area contributed by atoms with Gasteiger partial charge in [-0.15, -0.1) is 0 Å². The fraction of sp³-hybridized carbons (Fsp3) is 0.710. The minimum absolute atomic E-state index is 0.0632. The molecule has 11 atom stereocenters. The van der Waals surface area contributed by atoms with Crippen LogP contribution < -0.4 is 5.32 Å². The molecule has 0 amide bonds. The van der Waals surface area contributed by atoms with Gasteiger partial charge in [0, 0.05) is 23.8 Å². The Labute approximate surface area is 254 Å². The van der Waals surface area contributed by atoms with Crippen LogP contribution in [0.15, 0.2) is 23.0 Å². The lowest BCUT2D eigenvalue weighted by Crippen LogP contribution is -2.79. The van der Waals surface area contributed by atoms with Crippen molar-refractivity contribution < 1.29 is 57.9 Å². The summed E-state index contributed by atoms with van der Waals surface area (Å²) in [6, 6.07) is -0.519. The fourth-order valence-electron chi connectivity index (χ4n) is 9.44. The maximum Gasteiger partial charge on any atom is 0.348 e. The molecule has 0 radical (unpaired) electrons. The maximum atomic E-state index is 13.7. The number of ketones is 1. The summed E-state index contributed by atoms with van der Waals surface area (Å²) in [6.45, 7) is 7.26. The second-order valence-corrected chi connectivity index (χ2v) is 13.6. The van der Waals surface area contributed by atoms with E-state index in [1.165, 1.54) is 6.08 Å². The third kappa shape index (κ3) is 4.01. The smallest absolute Gasteiger partial charge is 0.348 e. The van der Waals surface area contributed by atoms with E-state index in [0.29, 0.717) is 24.1 Å². The zero-order chi connectivity index (χ0) is 31.9. The van der Waals surface area contributed by atoms with Crippen LogP contribution in [0.2, 0.25) is 0 Å². The van der Waals surface area contributed by atoms with E-state index in [1.54, 1.807) is 20.8 Å². The summed E-state index contributed by atoms with van der Waals surface area (Å²) in [5.41, 5.74) is -3.58. The molecule has 0 aromatic heterocycles. The van der Waals surface area contributed by atoms with Crippen molar-refractivity contribution in [1.29, 1.82) is 0 Å². The SMILES string of the molecule is COC(=O)[C@@]12OC[C@]34C([C@@H](O)[C@@H]1O)[C@@]1(C)CC(=O)C(OC(=O)[C@@H]5CCCN5)=C(C)[C@@H]1C[C@H]3OC(=O)[C@H](OC(=O)C=C(C)C)[C@@H]24. The van der Waals surface area contributed by atoms with E-state index in [2.05, 4.69) is 5.32 Å². The molecule has 13 nitrogen and oxygen atoms in total. The normalized spacial score (nSPS) is 43.8. The molecule has 3 heterocycles. The van der Waals surface area contributed by atoms with Crippen LogP contribution in [0.25, 0.3) is 0 Å². The molecule has 1 spiro atoms. The number of hydrogen-bond acceptors (Lipinski definition) is 13. The van der Waals surface area contributed by atoms with Gasteiger partial charge in [-0.3, -0.25) is 4.79 Å². The van der Waals surface area contributed by atoms with E-state index in [0.717, 1.165) is 13.5 Å². The molecule has 6 aliphatic rings. The van der Waals surface area contributed by atoms with Crippen LogP contribution in [0.4, 0.5) is 0 Å². The molecule has 2 bridgehead atoms. The quantitative estimate of drug-likeness (QED) is 0.217. The average molecular weight is 618 g/mol. The van der Waals surface area contributed by atoms with Crippen molar-refractivity contribution >= 4 is 29.7 Å².